The molecule has 7 heteroatoms. The summed E-state index contributed by atoms with van der Waals surface area (Å²) in [7, 11) is -1.95. The van der Waals surface area contributed by atoms with Crippen LogP contribution in [0.3, 0.4) is 0 Å². The molecule has 0 aromatic carbocycles. The van der Waals surface area contributed by atoms with E-state index in [-0.39, 0.29) is 11.6 Å². The second-order valence-electron chi connectivity index (χ2n) is 4.89. The minimum atomic E-state index is -3.57. The minimum Gasteiger partial charge on any atom is -0.329 e. The predicted octanol–water partition coefficient (Wildman–Crippen LogP) is 0.558. The molecule has 0 aliphatic rings. The van der Waals surface area contributed by atoms with Crippen molar-refractivity contribution >= 4 is 10.0 Å². The van der Waals surface area contributed by atoms with Gasteiger partial charge in [-0.15, -0.1) is 0 Å². The van der Waals surface area contributed by atoms with Crippen LogP contribution >= 0.6 is 0 Å². The Morgan fingerprint density at radius 3 is 2.50 bits per heavy atom. The normalized spacial score (nSPS) is 13.2. The lowest BCUT2D eigenvalue weighted by molar-refractivity contribution is 0.233. The van der Waals surface area contributed by atoms with Crippen LogP contribution in [0.15, 0.2) is 17.3 Å². The molecule has 0 aliphatic heterocycles. The first kappa shape index (κ1) is 15.1. The van der Waals surface area contributed by atoms with Gasteiger partial charge in [0.05, 0.1) is 6.20 Å². The van der Waals surface area contributed by atoms with Crippen LogP contribution < -0.4 is 5.73 Å². The summed E-state index contributed by atoms with van der Waals surface area (Å²) in [6, 6.07) is 1.50. The molecule has 6 nitrogen and oxygen atoms in total. The number of aromatic nitrogens is 2. The second-order valence-corrected chi connectivity index (χ2v) is 6.70. The highest BCUT2D eigenvalue weighted by molar-refractivity contribution is 7.89. The number of nitrogens with zero attached hydrogens (tertiary/aromatic N) is 3. The minimum absolute atomic E-state index is 0.192. The van der Waals surface area contributed by atoms with Gasteiger partial charge in [-0.3, -0.25) is 4.68 Å². The van der Waals surface area contributed by atoms with Gasteiger partial charge in [0.2, 0.25) is 0 Å². The molecule has 0 unspecified atom stereocenters. The van der Waals surface area contributed by atoms with Gasteiger partial charge in [0.15, 0.2) is 5.03 Å². The standard InChI is InChI=1S/C11H22N4O2S/c1-5-8-15(11(2,3)9-12)18(16,17)10-6-7-13-14(10)4/h6-7H,5,8-9,12H2,1-4H3. The fraction of sp³-hybridized carbons (Fsp3) is 0.727. The highest BCUT2D eigenvalue weighted by Gasteiger charge is 2.37. The van der Waals surface area contributed by atoms with E-state index in [4.69, 9.17) is 5.73 Å². The van der Waals surface area contributed by atoms with E-state index in [0.717, 1.165) is 6.42 Å². The van der Waals surface area contributed by atoms with Gasteiger partial charge in [-0.2, -0.15) is 9.40 Å². The number of hydrogen-bond donors (Lipinski definition) is 1. The Bertz CT molecular complexity index is 493. The lowest BCUT2D eigenvalue weighted by Crippen LogP contribution is -2.52. The molecule has 0 spiro atoms. The van der Waals surface area contributed by atoms with Crippen LogP contribution in [-0.4, -0.2) is 41.1 Å². The molecule has 0 saturated heterocycles. The Labute approximate surface area is 109 Å². The molecule has 0 aliphatic carbocycles. The lowest BCUT2D eigenvalue weighted by Gasteiger charge is -2.36. The number of sulfonamides is 1. The van der Waals surface area contributed by atoms with Crippen molar-refractivity contribution in [2.24, 2.45) is 12.8 Å². The van der Waals surface area contributed by atoms with Crippen molar-refractivity contribution in [2.45, 2.75) is 37.8 Å². The second kappa shape index (κ2) is 5.38. The molecule has 1 aromatic rings. The molecule has 0 radical (unpaired) electrons. The largest absolute Gasteiger partial charge is 0.329 e. The first-order valence-corrected chi connectivity index (χ1v) is 7.42. The Balaban J connectivity index is 3.26. The SMILES string of the molecule is CCCN(C(C)(C)CN)S(=O)(=O)c1ccnn1C. The van der Waals surface area contributed by atoms with Gasteiger partial charge >= 0.3 is 0 Å². The van der Waals surface area contributed by atoms with E-state index in [1.807, 2.05) is 20.8 Å². The van der Waals surface area contributed by atoms with Gasteiger partial charge in [-0.25, -0.2) is 8.42 Å². The number of aryl methyl sites for hydroxylation is 1. The zero-order valence-electron chi connectivity index (χ0n) is 11.4. The fourth-order valence-electron chi connectivity index (χ4n) is 1.78. The number of hydrogen-bond acceptors (Lipinski definition) is 4. The maximum absolute atomic E-state index is 12.6. The third-order valence-corrected chi connectivity index (χ3v) is 5.12. The van der Waals surface area contributed by atoms with Gasteiger partial charge in [0.25, 0.3) is 10.0 Å². The van der Waals surface area contributed by atoms with Crippen molar-refractivity contribution in [2.75, 3.05) is 13.1 Å². The summed E-state index contributed by atoms with van der Waals surface area (Å²) in [5, 5.41) is 4.11. The molecule has 0 amide bonds. The van der Waals surface area contributed by atoms with Crippen molar-refractivity contribution in [3.63, 3.8) is 0 Å². The smallest absolute Gasteiger partial charge is 0.260 e. The number of nitrogens with two attached hydrogens (primary N) is 1. The Morgan fingerprint density at radius 1 is 1.50 bits per heavy atom. The number of rotatable bonds is 6. The molecule has 2 N–H and O–H groups in total. The van der Waals surface area contributed by atoms with Crippen LogP contribution in [0.4, 0.5) is 0 Å². The Kier molecular flexibility index (Phi) is 4.52. The maximum Gasteiger partial charge on any atom is 0.260 e. The van der Waals surface area contributed by atoms with Crippen LogP contribution in [-0.2, 0) is 17.1 Å². The van der Waals surface area contributed by atoms with E-state index >= 15 is 0 Å². The van der Waals surface area contributed by atoms with Gasteiger partial charge < -0.3 is 5.73 Å². The summed E-state index contributed by atoms with van der Waals surface area (Å²) in [6.45, 7) is 6.31. The van der Waals surface area contributed by atoms with Crippen molar-refractivity contribution in [3.8, 4) is 0 Å². The summed E-state index contributed by atoms with van der Waals surface area (Å²) in [4.78, 5) is 0. The lowest BCUT2D eigenvalue weighted by atomic mass is 10.1. The highest BCUT2D eigenvalue weighted by atomic mass is 32.2. The van der Waals surface area contributed by atoms with E-state index in [1.165, 1.54) is 21.3 Å². The molecule has 1 aromatic heterocycles. The van der Waals surface area contributed by atoms with E-state index in [0.29, 0.717) is 6.54 Å². The van der Waals surface area contributed by atoms with Crippen molar-refractivity contribution < 1.29 is 8.42 Å². The average molecular weight is 274 g/mol. The van der Waals surface area contributed by atoms with Crippen molar-refractivity contribution in [3.05, 3.63) is 12.3 Å². The van der Waals surface area contributed by atoms with E-state index in [2.05, 4.69) is 5.10 Å². The Morgan fingerprint density at radius 2 is 2.11 bits per heavy atom. The zero-order valence-corrected chi connectivity index (χ0v) is 12.2. The Hall–Kier alpha value is -0.920. The molecular formula is C11H22N4O2S. The molecule has 0 fully saturated rings. The fourth-order valence-corrected chi connectivity index (χ4v) is 3.77. The third kappa shape index (κ3) is 2.73. The van der Waals surface area contributed by atoms with Crippen molar-refractivity contribution in [1.29, 1.82) is 0 Å². The molecular weight excluding hydrogens is 252 g/mol. The monoisotopic (exact) mass is 274 g/mol. The predicted molar refractivity (Wildman–Crippen MR) is 70.5 cm³/mol. The summed E-state index contributed by atoms with van der Waals surface area (Å²) < 4.78 is 28.1. The van der Waals surface area contributed by atoms with Crippen LogP contribution in [0.1, 0.15) is 27.2 Å². The van der Waals surface area contributed by atoms with E-state index in [1.54, 1.807) is 7.05 Å². The van der Waals surface area contributed by atoms with E-state index < -0.39 is 15.6 Å². The van der Waals surface area contributed by atoms with E-state index in [9.17, 15) is 8.42 Å². The topological polar surface area (TPSA) is 81.2 Å². The molecule has 0 bridgehead atoms. The summed E-state index contributed by atoms with van der Waals surface area (Å²) >= 11 is 0. The molecule has 18 heavy (non-hydrogen) atoms. The highest BCUT2D eigenvalue weighted by Crippen LogP contribution is 2.23. The zero-order chi connectivity index (χ0) is 14.0. The summed E-state index contributed by atoms with van der Waals surface area (Å²) in [5.41, 5.74) is 5.09. The maximum atomic E-state index is 12.6. The molecule has 1 heterocycles. The van der Waals surface area contributed by atoms with Gasteiger partial charge in [0, 0.05) is 25.7 Å². The summed E-state index contributed by atoms with van der Waals surface area (Å²) in [6.07, 6.45) is 2.22. The average Bonchev–Trinajstić information content (AvgIpc) is 2.72. The van der Waals surface area contributed by atoms with Crippen LogP contribution in [0.25, 0.3) is 0 Å². The summed E-state index contributed by atoms with van der Waals surface area (Å²) in [5.74, 6) is 0. The van der Waals surface area contributed by atoms with Crippen molar-refractivity contribution in [1.82, 2.24) is 14.1 Å². The molecule has 0 saturated carbocycles. The first-order chi connectivity index (χ1) is 8.27. The van der Waals surface area contributed by atoms with Gasteiger partial charge in [0.1, 0.15) is 0 Å². The molecule has 0 atom stereocenters. The van der Waals surface area contributed by atoms with Gasteiger partial charge in [-0.1, -0.05) is 6.92 Å². The first-order valence-electron chi connectivity index (χ1n) is 5.98. The molecule has 1 rings (SSSR count). The quantitative estimate of drug-likeness (QED) is 0.821. The third-order valence-electron chi connectivity index (χ3n) is 2.93. The van der Waals surface area contributed by atoms with Crippen LogP contribution in [0, 0.1) is 0 Å². The molecule has 104 valence electrons. The van der Waals surface area contributed by atoms with Crippen LogP contribution in [0.2, 0.25) is 0 Å². The van der Waals surface area contributed by atoms with Crippen LogP contribution in [0.5, 0.6) is 0 Å². The van der Waals surface area contributed by atoms with Gasteiger partial charge in [-0.05, 0) is 26.3 Å².